The van der Waals surface area contributed by atoms with Crippen molar-refractivity contribution in [3.05, 3.63) is 0 Å². The maximum atomic E-state index is 13.1. The van der Waals surface area contributed by atoms with E-state index >= 15 is 0 Å². The molecule has 5 heteroatoms. The summed E-state index contributed by atoms with van der Waals surface area (Å²) in [6.45, 7) is 9.92. The fourth-order valence-corrected chi connectivity index (χ4v) is 2.86. The summed E-state index contributed by atoms with van der Waals surface area (Å²) >= 11 is 0. The van der Waals surface area contributed by atoms with E-state index in [1.165, 1.54) is 0 Å². The number of nitrogens with one attached hydrogen (secondary N) is 1. The molecule has 2 saturated heterocycles. The third kappa shape index (κ3) is 3.62. The lowest BCUT2D eigenvalue weighted by atomic mass is 9.97. The molecule has 2 heterocycles. The minimum Gasteiger partial charge on any atom is -0.314 e. The zero-order chi connectivity index (χ0) is 13.2. The van der Waals surface area contributed by atoms with Crippen molar-refractivity contribution in [3.8, 4) is 0 Å². The summed E-state index contributed by atoms with van der Waals surface area (Å²) in [4.78, 5) is 4.38. The van der Waals surface area contributed by atoms with Gasteiger partial charge in [0.25, 0.3) is 5.92 Å². The Hall–Kier alpha value is -0.260. The highest BCUT2D eigenvalue weighted by Gasteiger charge is 2.38. The number of hydrogen-bond acceptors (Lipinski definition) is 3. The molecule has 0 aliphatic carbocycles. The zero-order valence-electron chi connectivity index (χ0n) is 11.5. The molecule has 3 nitrogen and oxygen atoms in total. The summed E-state index contributed by atoms with van der Waals surface area (Å²) in [5, 5.41) is 3.34. The number of hydrogen-bond donors (Lipinski definition) is 1. The van der Waals surface area contributed by atoms with E-state index in [0.717, 1.165) is 39.1 Å². The molecule has 1 N–H and O–H groups in total. The third-order valence-corrected chi connectivity index (χ3v) is 4.26. The summed E-state index contributed by atoms with van der Waals surface area (Å²) in [7, 11) is 0. The molecule has 0 saturated carbocycles. The fraction of sp³-hybridized carbons (Fsp3) is 1.00. The van der Waals surface area contributed by atoms with Crippen molar-refractivity contribution < 1.29 is 8.78 Å². The second-order valence-electron chi connectivity index (χ2n) is 6.18. The van der Waals surface area contributed by atoms with Gasteiger partial charge in [0.1, 0.15) is 0 Å². The monoisotopic (exact) mass is 261 g/mol. The Labute approximate surface area is 109 Å². The highest BCUT2D eigenvalue weighted by Crippen LogP contribution is 2.28. The van der Waals surface area contributed by atoms with E-state index in [1.54, 1.807) is 0 Å². The zero-order valence-corrected chi connectivity index (χ0v) is 11.5. The largest absolute Gasteiger partial charge is 0.314 e. The summed E-state index contributed by atoms with van der Waals surface area (Å²) in [6.07, 6.45) is 0.990. The predicted molar refractivity (Wildman–Crippen MR) is 69.1 cm³/mol. The first-order valence-corrected chi connectivity index (χ1v) is 6.95. The van der Waals surface area contributed by atoms with Crippen molar-refractivity contribution in [1.29, 1.82) is 0 Å². The smallest absolute Gasteiger partial charge is 0.261 e. The first kappa shape index (κ1) is 14.2. The van der Waals surface area contributed by atoms with Crippen LogP contribution in [0.3, 0.4) is 0 Å². The van der Waals surface area contributed by atoms with E-state index in [4.69, 9.17) is 0 Å². The first-order chi connectivity index (χ1) is 8.39. The molecule has 18 heavy (non-hydrogen) atoms. The minimum absolute atomic E-state index is 0.0288. The summed E-state index contributed by atoms with van der Waals surface area (Å²) in [5.74, 6) is -2.46. The quantitative estimate of drug-likeness (QED) is 0.825. The van der Waals surface area contributed by atoms with Crippen LogP contribution in [0.25, 0.3) is 0 Å². The van der Waals surface area contributed by atoms with Crippen LogP contribution in [0.5, 0.6) is 0 Å². The Kier molecular flexibility index (Phi) is 4.24. The van der Waals surface area contributed by atoms with E-state index < -0.39 is 5.92 Å². The molecular weight excluding hydrogens is 236 g/mol. The number of piperazine rings is 1. The minimum atomic E-state index is -2.46. The van der Waals surface area contributed by atoms with Crippen molar-refractivity contribution in [2.24, 2.45) is 0 Å². The Bertz CT molecular complexity index is 275. The van der Waals surface area contributed by atoms with Gasteiger partial charge in [-0.15, -0.1) is 0 Å². The maximum absolute atomic E-state index is 13.1. The molecule has 2 rings (SSSR count). The number of nitrogens with zero attached hydrogens (tertiary/aromatic N) is 2. The second-order valence-corrected chi connectivity index (χ2v) is 6.18. The van der Waals surface area contributed by atoms with Gasteiger partial charge in [0.05, 0.1) is 6.54 Å². The summed E-state index contributed by atoms with van der Waals surface area (Å²) < 4.78 is 26.2. The summed E-state index contributed by atoms with van der Waals surface area (Å²) in [6, 6.07) is 0. The van der Waals surface area contributed by atoms with E-state index in [2.05, 4.69) is 24.1 Å². The average molecular weight is 261 g/mol. The standard InChI is InChI=1S/C13H25F2N3/c1-12(2,18-9-5-16-6-10-18)3-7-17-8-4-13(14,15)11-17/h16H,3-11H2,1-2H3. The molecular formula is C13H25F2N3. The highest BCUT2D eigenvalue weighted by molar-refractivity contribution is 4.88. The van der Waals surface area contributed by atoms with Gasteiger partial charge in [-0.1, -0.05) is 0 Å². The molecule has 106 valence electrons. The molecule has 0 unspecified atom stereocenters. The van der Waals surface area contributed by atoms with Crippen molar-refractivity contribution in [2.45, 2.75) is 38.2 Å². The van der Waals surface area contributed by atoms with E-state index in [0.29, 0.717) is 6.54 Å². The number of alkyl halides is 2. The SMILES string of the molecule is CC(C)(CCN1CCC(F)(F)C1)N1CCNCC1. The van der Waals surface area contributed by atoms with E-state index in [-0.39, 0.29) is 18.5 Å². The lowest BCUT2D eigenvalue weighted by Crippen LogP contribution is -2.54. The van der Waals surface area contributed by atoms with Gasteiger partial charge in [-0.25, -0.2) is 8.78 Å². The molecule has 0 atom stereocenters. The van der Waals surface area contributed by atoms with Gasteiger partial charge in [-0.05, 0) is 20.3 Å². The normalized spacial score (nSPS) is 26.7. The third-order valence-electron chi connectivity index (χ3n) is 4.26. The van der Waals surface area contributed by atoms with Gasteiger partial charge >= 0.3 is 0 Å². The molecule has 2 fully saturated rings. The Morgan fingerprint density at radius 2 is 1.83 bits per heavy atom. The second kappa shape index (κ2) is 5.39. The Morgan fingerprint density at radius 1 is 1.17 bits per heavy atom. The van der Waals surface area contributed by atoms with Crippen LogP contribution < -0.4 is 5.32 Å². The Balaban J connectivity index is 1.78. The van der Waals surface area contributed by atoms with Crippen LogP contribution in [-0.2, 0) is 0 Å². The van der Waals surface area contributed by atoms with Crippen LogP contribution >= 0.6 is 0 Å². The van der Waals surface area contributed by atoms with Crippen molar-refractivity contribution in [2.75, 3.05) is 45.8 Å². The maximum Gasteiger partial charge on any atom is 0.261 e. The molecule has 0 aromatic heterocycles. The van der Waals surface area contributed by atoms with Crippen LogP contribution in [0.2, 0.25) is 0 Å². The highest BCUT2D eigenvalue weighted by atomic mass is 19.3. The van der Waals surface area contributed by atoms with Gasteiger partial charge in [0, 0.05) is 51.2 Å². The van der Waals surface area contributed by atoms with Gasteiger partial charge in [0.2, 0.25) is 0 Å². The van der Waals surface area contributed by atoms with E-state index in [1.807, 2.05) is 4.90 Å². The molecule has 0 amide bonds. The van der Waals surface area contributed by atoms with Crippen molar-refractivity contribution in [3.63, 3.8) is 0 Å². The lowest BCUT2D eigenvalue weighted by Gasteiger charge is -2.42. The van der Waals surface area contributed by atoms with Crippen LogP contribution in [0.1, 0.15) is 26.7 Å². The Morgan fingerprint density at radius 3 is 2.39 bits per heavy atom. The fourth-order valence-electron chi connectivity index (χ4n) is 2.86. The van der Waals surface area contributed by atoms with Crippen molar-refractivity contribution >= 4 is 0 Å². The summed E-state index contributed by atoms with van der Waals surface area (Å²) in [5.41, 5.74) is 0.111. The molecule has 0 aromatic carbocycles. The molecule has 0 aromatic rings. The molecule has 0 radical (unpaired) electrons. The van der Waals surface area contributed by atoms with Crippen LogP contribution in [0.15, 0.2) is 0 Å². The van der Waals surface area contributed by atoms with Crippen molar-refractivity contribution in [1.82, 2.24) is 15.1 Å². The van der Waals surface area contributed by atoms with Crippen LogP contribution in [0.4, 0.5) is 8.78 Å². The number of halogens is 2. The van der Waals surface area contributed by atoms with E-state index in [9.17, 15) is 8.78 Å². The number of likely N-dealkylation sites (tertiary alicyclic amines) is 1. The topological polar surface area (TPSA) is 18.5 Å². The van der Waals surface area contributed by atoms with Gasteiger partial charge in [0.15, 0.2) is 0 Å². The van der Waals surface area contributed by atoms with Gasteiger partial charge in [-0.2, -0.15) is 0 Å². The first-order valence-electron chi connectivity index (χ1n) is 6.95. The van der Waals surface area contributed by atoms with Crippen LogP contribution in [0, 0.1) is 0 Å². The van der Waals surface area contributed by atoms with Gasteiger partial charge in [-0.3, -0.25) is 9.80 Å². The molecule has 2 aliphatic heterocycles. The number of rotatable bonds is 4. The predicted octanol–water partition coefficient (Wildman–Crippen LogP) is 1.40. The van der Waals surface area contributed by atoms with Gasteiger partial charge < -0.3 is 5.32 Å². The van der Waals surface area contributed by atoms with Crippen LogP contribution in [-0.4, -0.2) is 67.1 Å². The molecule has 2 aliphatic rings. The lowest BCUT2D eigenvalue weighted by molar-refractivity contribution is 0.00975. The average Bonchev–Trinajstić information content (AvgIpc) is 2.68. The molecule has 0 bridgehead atoms. The molecule has 0 spiro atoms.